The molecule has 0 aliphatic rings. The predicted octanol–water partition coefficient (Wildman–Crippen LogP) is 2.42. The molecule has 0 radical (unpaired) electrons. The van der Waals surface area contributed by atoms with Crippen molar-refractivity contribution in [2.24, 2.45) is 0 Å². The Balaban J connectivity index is 3.22. The zero-order valence-electron chi connectivity index (χ0n) is 9.76. The first-order valence-electron chi connectivity index (χ1n) is 5.18. The summed E-state index contributed by atoms with van der Waals surface area (Å²) in [5.41, 5.74) is 1.75. The van der Waals surface area contributed by atoms with E-state index in [-0.39, 0.29) is 5.78 Å². The van der Waals surface area contributed by atoms with Gasteiger partial charge in [-0.2, -0.15) is 0 Å². The van der Waals surface area contributed by atoms with Gasteiger partial charge >= 0.3 is 0 Å². The first-order valence-corrected chi connectivity index (χ1v) is 5.97. The first kappa shape index (κ1) is 13.2. The van der Waals surface area contributed by atoms with Gasteiger partial charge < -0.3 is 10.1 Å². The van der Waals surface area contributed by atoms with Crippen molar-refractivity contribution in [1.82, 2.24) is 5.32 Å². The molecule has 0 atom stereocenters. The Morgan fingerprint density at radius 3 is 2.69 bits per heavy atom. The monoisotopic (exact) mass is 285 g/mol. The number of aryl methyl sites for hydroxylation is 1. The number of likely N-dealkylation sites (N-methyl/N-ethyl adjacent to an activating group) is 1. The minimum atomic E-state index is 0.0374. The van der Waals surface area contributed by atoms with Gasteiger partial charge in [-0.25, -0.2) is 0 Å². The van der Waals surface area contributed by atoms with Crippen LogP contribution in [0.4, 0.5) is 0 Å². The Hall–Kier alpha value is -0.870. The van der Waals surface area contributed by atoms with Crippen LogP contribution in [0.15, 0.2) is 16.6 Å². The van der Waals surface area contributed by atoms with Crippen LogP contribution in [0.5, 0.6) is 5.75 Å². The lowest BCUT2D eigenvalue weighted by molar-refractivity contribution is 0.0990. The second-order valence-electron chi connectivity index (χ2n) is 3.47. The highest BCUT2D eigenvalue weighted by Gasteiger charge is 2.15. The van der Waals surface area contributed by atoms with E-state index in [4.69, 9.17) is 4.74 Å². The van der Waals surface area contributed by atoms with Crippen molar-refractivity contribution in [1.29, 1.82) is 0 Å². The van der Waals surface area contributed by atoms with Crippen molar-refractivity contribution < 1.29 is 9.53 Å². The zero-order valence-corrected chi connectivity index (χ0v) is 11.3. The Morgan fingerprint density at radius 2 is 2.19 bits per heavy atom. The van der Waals surface area contributed by atoms with Gasteiger partial charge in [0, 0.05) is 0 Å². The second kappa shape index (κ2) is 6.01. The van der Waals surface area contributed by atoms with Gasteiger partial charge in [-0.3, -0.25) is 4.79 Å². The molecular formula is C12H16BrNO2. The standard InChI is InChI=1S/C12H16BrNO2/c1-4-8-5-9(11(15)7-14-2)12(16-3)10(13)6-8/h5-6,14H,4,7H2,1-3H3. The number of carbonyl (C=O) groups is 1. The number of Topliss-reactive ketones (excluding diaryl/α,β-unsaturated/α-hetero) is 1. The third-order valence-corrected chi connectivity index (χ3v) is 2.94. The fourth-order valence-electron chi connectivity index (χ4n) is 1.52. The number of ether oxygens (including phenoxy) is 1. The molecule has 0 fully saturated rings. The summed E-state index contributed by atoms with van der Waals surface area (Å²) in [5, 5.41) is 2.85. The van der Waals surface area contributed by atoms with Crippen LogP contribution in [0.1, 0.15) is 22.8 Å². The fourth-order valence-corrected chi connectivity index (χ4v) is 2.19. The van der Waals surface area contributed by atoms with Crippen molar-refractivity contribution in [2.45, 2.75) is 13.3 Å². The number of nitrogens with one attached hydrogen (secondary N) is 1. The quantitative estimate of drug-likeness (QED) is 0.845. The molecule has 1 rings (SSSR count). The first-order chi connectivity index (χ1) is 7.63. The largest absolute Gasteiger partial charge is 0.495 e. The van der Waals surface area contributed by atoms with Gasteiger partial charge in [-0.15, -0.1) is 0 Å². The Labute approximate surface area is 104 Å². The molecule has 16 heavy (non-hydrogen) atoms. The van der Waals surface area contributed by atoms with Gasteiger partial charge in [0.1, 0.15) is 5.75 Å². The molecule has 1 aromatic carbocycles. The van der Waals surface area contributed by atoms with E-state index in [0.717, 1.165) is 16.5 Å². The highest BCUT2D eigenvalue weighted by molar-refractivity contribution is 9.10. The lowest BCUT2D eigenvalue weighted by atomic mass is 10.0. The Kier molecular flexibility index (Phi) is 4.96. The van der Waals surface area contributed by atoms with E-state index in [2.05, 4.69) is 28.2 Å². The summed E-state index contributed by atoms with van der Waals surface area (Å²) in [7, 11) is 3.32. The summed E-state index contributed by atoms with van der Waals surface area (Å²) in [4.78, 5) is 11.9. The molecule has 88 valence electrons. The van der Waals surface area contributed by atoms with Crippen molar-refractivity contribution in [2.75, 3.05) is 20.7 Å². The molecule has 0 amide bonds. The third-order valence-electron chi connectivity index (χ3n) is 2.35. The van der Waals surface area contributed by atoms with Gasteiger partial charge in [0.2, 0.25) is 0 Å². The summed E-state index contributed by atoms with van der Waals surface area (Å²) >= 11 is 3.42. The number of methoxy groups -OCH3 is 1. The van der Waals surface area contributed by atoms with E-state index in [1.165, 1.54) is 0 Å². The van der Waals surface area contributed by atoms with Crippen LogP contribution < -0.4 is 10.1 Å². The van der Waals surface area contributed by atoms with Gasteiger partial charge in [0.25, 0.3) is 0 Å². The van der Waals surface area contributed by atoms with Gasteiger partial charge in [-0.05, 0) is 47.1 Å². The van der Waals surface area contributed by atoms with Crippen LogP contribution in [-0.4, -0.2) is 26.5 Å². The van der Waals surface area contributed by atoms with E-state index in [0.29, 0.717) is 17.9 Å². The summed E-state index contributed by atoms with van der Waals surface area (Å²) in [6.45, 7) is 2.37. The SMILES string of the molecule is CCc1cc(Br)c(OC)c(C(=O)CNC)c1. The van der Waals surface area contributed by atoms with Crippen LogP contribution in [0.2, 0.25) is 0 Å². The molecule has 0 aliphatic heterocycles. The van der Waals surface area contributed by atoms with Gasteiger partial charge in [0.05, 0.1) is 23.7 Å². The minimum absolute atomic E-state index is 0.0374. The highest BCUT2D eigenvalue weighted by atomic mass is 79.9. The minimum Gasteiger partial charge on any atom is -0.495 e. The maximum Gasteiger partial charge on any atom is 0.180 e. The van der Waals surface area contributed by atoms with E-state index in [1.807, 2.05) is 12.1 Å². The maximum absolute atomic E-state index is 11.9. The number of carbonyl (C=O) groups excluding carboxylic acids is 1. The van der Waals surface area contributed by atoms with Gasteiger partial charge in [0.15, 0.2) is 5.78 Å². The smallest absolute Gasteiger partial charge is 0.180 e. The number of hydrogen-bond acceptors (Lipinski definition) is 3. The molecule has 3 nitrogen and oxygen atoms in total. The topological polar surface area (TPSA) is 38.3 Å². The van der Waals surface area contributed by atoms with Crippen molar-refractivity contribution in [3.63, 3.8) is 0 Å². The predicted molar refractivity (Wildman–Crippen MR) is 68.3 cm³/mol. The second-order valence-corrected chi connectivity index (χ2v) is 4.32. The van der Waals surface area contributed by atoms with E-state index < -0.39 is 0 Å². The summed E-state index contributed by atoms with van der Waals surface area (Å²) < 4.78 is 6.08. The highest BCUT2D eigenvalue weighted by Crippen LogP contribution is 2.31. The van der Waals surface area contributed by atoms with Crippen LogP contribution in [0, 0.1) is 0 Å². The zero-order chi connectivity index (χ0) is 12.1. The van der Waals surface area contributed by atoms with E-state index in [9.17, 15) is 4.79 Å². The molecule has 0 saturated heterocycles. The van der Waals surface area contributed by atoms with Gasteiger partial charge in [-0.1, -0.05) is 6.92 Å². The summed E-state index contributed by atoms with van der Waals surface area (Å²) in [6, 6.07) is 3.87. The number of rotatable bonds is 5. The molecule has 0 aliphatic carbocycles. The molecule has 4 heteroatoms. The molecule has 0 bridgehead atoms. The Bertz CT molecular complexity index is 391. The van der Waals surface area contributed by atoms with Crippen LogP contribution in [-0.2, 0) is 6.42 Å². The van der Waals surface area contributed by atoms with E-state index >= 15 is 0 Å². The molecule has 0 spiro atoms. The molecular weight excluding hydrogens is 270 g/mol. The summed E-state index contributed by atoms with van der Waals surface area (Å²) in [5.74, 6) is 0.646. The molecule has 0 unspecified atom stereocenters. The average molecular weight is 286 g/mol. The average Bonchev–Trinajstić information content (AvgIpc) is 2.28. The fraction of sp³-hybridized carbons (Fsp3) is 0.417. The van der Waals surface area contributed by atoms with Crippen LogP contribution in [0.25, 0.3) is 0 Å². The molecule has 0 heterocycles. The van der Waals surface area contributed by atoms with Crippen molar-refractivity contribution >= 4 is 21.7 Å². The maximum atomic E-state index is 11.9. The van der Waals surface area contributed by atoms with E-state index in [1.54, 1.807) is 14.2 Å². The summed E-state index contributed by atoms with van der Waals surface area (Å²) in [6.07, 6.45) is 0.891. The lowest BCUT2D eigenvalue weighted by Crippen LogP contribution is -2.19. The normalized spacial score (nSPS) is 10.2. The number of benzene rings is 1. The molecule has 1 aromatic rings. The molecule has 1 N–H and O–H groups in total. The number of ketones is 1. The molecule has 0 aromatic heterocycles. The van der Waals surface area contributed by atoms with Crippen molar-refractivity contribution in [3.8, 4) is 5.75 Å². The van der Waals surface area contributed by atoms with Crippen molar-refractivity contribution in [3.05, 3.63) is 27.7 Å². The Morgan fingerprint density at radius 1 is 1.50 bits per heavy atom. The van der Waals surface area contributed by atoms with Crippen LogP contribution in [0.3, 0.4) is 0 Å². The number of halogens is 1. The molecule has 0 saturated carbocycles. The number of hydrogen-bond donors (Lipinski definition) is 1. The lowest BCUT2D eigenvalue weighted by Gasteiger charge is -2.11. The van der Waals surface area contributed by atoms with Crippen LogP contribution >= 0.6 is 15.9 Å². The third kappa shape index (κ3) is 2.83.